The lowest BCUT2D eigenvalue weighted by Gasteiger charge is -2.17. The molecule has 19 heavy (non-hydrogen) atoms. The number of nitrogens with two attached hydrogens (primary N) is 1. The number of carbonyl (C=O) groups excluding carboxylic acids is 1. The molecule has 0 saturated carbocycles. The van der Waals surface area contributed by atoms with Gasteiger partial charge in [0, 0.05) is 6.04 Å². The molecular weight excluding hydrogens is 263 g/mol. The van der Waals surface area contributed by atoms with Crippen LogP contribution in [0.5, 0.6) is 0 Å². The van der Waals surface area contributed by atoms with Crippen LogP contribution in [0.25, 0.3) is 0 Å². The van der Waals surface area contributed by atoms with Crippen molar-refractivity contribution in [2.24, 2.45) is 0 Å². The number of carbonyl (C=O) groups is 1. The minimum absolute atomic E-state index is 0.0275. The molecule has 0 bridgehead atoms. The first-order chi connectivity index (χ1) is 8.73. The van der Waals surface area contributed by atoms with Crippen LogP contribution < -0.4 is 11.1 Å². The number of ether oxygens (including phenoxy) is 1. The molecule has 8 heteroatoms. The number of pyridine rings is 1. The molecule has 1 unspecified atom stereocenters. The summed E-state index contributed by atoms with van der Waals surface area (Å²) in [5, 5.41) is 2.52. The van der Waals surface area contributed by atoms with Gasteiger partial charge < -0.3 is 15.8 Å². The largest absolute Gasteiger partial charge is 0.464 e. The third-order valence-corrected chi connectivity index (χ3v) is 2.24. The zero-order valence-corrected chi connectivity index (χ0v) is 10.4. The predicted molar refractivity (Wildman–Crippen MR) is 63.7 cm³/mol. The van der Waals surface area contributed by atoms with Crippen molar-refractivity contribution >= 4 is 17.5 Å². The standard InChI is InChI=1S/C11H14F3N3O2/c1-6(5-11(12,13)14)16-9-7(15)3-4-8(17-9)10(18)19-2/h3-4,6H,5,15H2,1-2H3,(H,16,17). The minimum atomic E-state index is -4.29. The second-order valence-corrected chi connectivity index (χ2v) is 3.99. The number of nitrogen functional groups attached to an aromatic ring is 1. The van der Waals surface area contributed by atoms with Gasteiger partial charge in [-0.05, 0) is 19.1 Å². The van der Waals surface area contributed by atoms with Crippen LogP contribution in [0.3, 0.4) is 0 Å². The first-order valence-corrected chi connectivity index (χ1v) is 5.41. The average molecular weight is 277 g/mol. The fraction of sp³-hybridized carbons (Fsp3) is 0.455. The summed E-state index contributed by atoms with van der Waals surface area (Å²) in [6.45, 7) is 1.35. The van der Waals surface area contributed by atoms with E-state index in [2.05, 4.69) is 15.0 Å². The summed E-state index contributed by atoms with van der Waals surface area (Å²) in [7, 11) is 1.18. The van der Waals surface area contributed by atoms with Crippen molar-refractivity contribution in [1.82, 2.24) is 4.98 Å². The van der Waals surface area contributed by atoms with E-state index in [9.17, 15) is 18.0 Å². The summed E-state index contributed by atoms with van der Waals surface area (Å²) in [4.78, 5) is 15.1. The van der Waals surface area contributed by atoms with Crippen LogP contribution in [-0.2, 0) is 4.74 Å². The number of aromatic nitrogens is 1. The van der Waals surface area contributed by atoms with Gasteiger partial charge in [-0.25, -0.2) is 9.78 Å². The maximum absolute atomic E-state index is 12.2. The van der Waals surface area contributed by atoms with Gasteiger partial charge in [-0.2, -0.15) is 13.2 Å². The Kier molecular flexibility index (Phi) is 4.57. The zero-order valence-electron chi connectivity index (χ0n) is 10.4. The number of esters is 1. The van der Waals surface area contributed by atoms with E-state index >= 15 is 0 Å². The summed E-state index contributed by atoms with van der Waals surface area (Å²) in [6, 6.07) is 1.80. The molecule has 1 aromatic heterocycles. The second kappa shape index (κ2) is 5.77. The van der Waals surface area contributed by atoms with Crippen LogP contribution in [-0.4, -0.2) is 30.3 Å². The maximum atomic E-state index is 12.2. The highest BCUT2D eigenvalue weighted by Crippen LogP contribution is 2.24. The van der Waals surface area contributed by atoms with E-state index in [-0.39, 0.29) is 17.2 Å². The molecule has 1 atom stereocenters. The molecule has 3 N–H and O–H groups in total. The van der Waals surface area contributed by atoms with Crippen molar-refractivity contribution in [3.63, 3.8) is 0 Å². The number of nitrogens with zero attached hydrogens (tertiary/aromatic N) is 1. The summed E-state index contributed by atoms with van der Waals surface area (Å²) in [5.74, 6) is -0.661. The molecule has 1 rings (SSSR count). The number of methoxy groups -OCH3 is 1. The minimum Gasteiger partial charge on any atom is -0.464 e. The molecule has 0 spiro atoms. The molecule has 0 amide bonds. The Morgan fingerprint density at radius 1 is 1.53 bits per heavy atom. The van der Waals surface area contributed by atoms with Gasteiger partial charge in [0.05, 0.1) is 19.2 Å². The van der Waals surface area contributed by atoms with Gasteiger partial charge in [0.2, 0.25) is 0 Å². The molecule has 0 aliphatic carbocycles. The SMILES string of the molecule is COC(=O)c1ccc(N)c(NC(C)CC(F)(F)F)n1. The van der Waals surface area contributed by atoms with Crippen molar-refractivity contribution in [3.05, 3.63) is 17.8 Å². The van der Waals surface area contributed by atoms with Crippen LogP contribution in [0.2, 0.25) is 0 Å². The van der Waals surface area contributed by atoms with Crippen LogP contribution in [0, 0.1) is 0 Å². The van der Waals surface area contributed by atoms with Gasteiger partial charge in [-0.15, -0.1) is 0 Å². The maximum Gasteiger partial charge on any atom is 0.391 e. The molecule has 0 fully saturated rings. The summed E-state index contributed by atoms with van der Waals surface area (Å²) in [5.41, 5.74) is 5.71. The topological polar surface area (TPSA) is 77.2 Å². The highest BCUT2D eigenvalue weighted by molar-refractivity contribution is 5.88. The van der Waals surface area contributed by atoms with Crippen molar-refractivity contribution in [3.8, 4) is 0 Å². The first-order valence-electron chi connectivity index (χ1n) is 5.41. The Morgan fingerprint density at radius 2 is 2.16 bits per heavy atom. The molecule has 1 heterocycles. The Morgan fingerprint density at radius 3 is 2.68 bits per heavy atom. The van der Waals surface area contributed by atoms with Gasteiger partial charge >= 0.3 is 12.1 Å². The van der Waals surface area contributed by atoms with Crippen LogP contribution in [0.15, 0.2) is 12.1 Å². The van der Waals surface area contributed by atoms with E-state index in [1.165, 1.54) is 26.2 Å². The van der Waals surface area contributed by atoms with Gasteiger partial charge in [0.15, 0.2) is 5.69 Å². The Hall–Kier alpha value is -1.99. The number of nitrogens with one attached hydrogen (secondary N) is 1. The van der Waals surface area contributed by atoms with E-state index in [0.717, 1.165) is 0 Å². The molecule has 0 aromatic carbocycles. The lowest BCUT2D eigenvalue weighted by Crippen LogP contribution is -2.25. The van der Waals surface area contributed by atoms with Crippen molar-refractivity contribution in [1.29, 1.82) is 0 Å². The number of hydrogen-bond donors (Lipinski definition) is 2. The third-order valence-electron chi connectivity index (χ3n) is 2.24. The fourth-order valence-electron chi connectivity index (χ4n) is 1.44. The lowest BCUT2D eigenvalue weighted by molar-refractivity contribution is -0.136. The fourth-order valence-corrected chi connectivity index (χ4v) is 1.44. The lowest BCUT2D eigenvalue weighted by atomic mass is 10.2. The average Bonchev–Trinajstić information content (AvgIpc) is 2.28. The van der Waals surface area contributed by atoms with Gasteiger partial charge in [-0.1, -0.05) is 0 Å². The highest BCUT2D eigenvalue weighted by atomic mass is 19.4. The molecule has 0 aliphatic rings. The number of halogens is 3. The molecule has 106 valence electrons. The monoisotopic (exact) mass is 277 g/mol. The van der Waals surface area contributed by atoms with Crippen LogP contribution in [0.1, 0.15) is 23.8 Å². The first kappa shape index (κ1) is 15.1. The van der Waals surface area contributed by atoms with Gasteiger partial charge in [0.25, 0.3) is 0 Å². The zero-order chi connectivity index (χ0) is 14.6. The second-order valence-electron chi connectivity index (χ2n) is 3.99. The molecule has 1 aromatic rings. The number of hydrogen-bond acceptors (Lipinski definition) is 5. The third kappa shape index (κ3) is 4.65. The molecular formula is C11H14F3N3O2. The van der Waals surface area contributed by atoms with Crippen molar-refractivity contribution < 1.29 is 22.7 Å². The molecule has 0 radical (unpaired) electrons. The normalized spacial score (nSPS) is 12.9. The van der Waals surface area contributed by atoms with E-state index in [4.69, 9.17) is 5.73 Å². The summed E-state index contributed by atoms with van der Waals surface area (Å²) >= 11 is 0. The molecule has 0 saturated heterocycles. The quantitative estimate of drug-likeness (QED) is 0.825. The number of alkyl halides is 3. The summed E-state index contributed by atoms with van der Waals surface area (Å²) in [6.07, 6.45) is -5.32. The van der Waals surface area contributed by atoms with Crippen LogP contribution in [0.4, 0.5) is 24.7 Å². The Balaban J connectivity index is 2.85. The van der Waals surface area contributed by atoms with Gasteiger partial charge in [-0.3, -0.25) is 0 Å². The number of rotatable bonds is 4. The van der Waals surface area contributed by atoms with E-state index in [1.54, 1.807) is 0 Å². The summed E-state index contributed by atoms with van der Waals surface area (Å²) < 4.78 is 41.1. The van der Waals surface area contributed by atoms with E-state index in [0.29, 0.717) is 0 Å². The molecule has 0 aliphatic heterocycles. The van der Waals surface area contributed by atoms with Crippen molar-refractivity contribution in [2.45, 2.75) is 25.6 Å². The number of anilines is 2. The van der Waals surface area contributed by atoms with Gasteiger partial charge in [0.1, 0.15) is 5.82 Å². The predicted octanol–water partition coefficient (Wildman–Crippen LogP) is 2.20. The Labute approximate surface area is 108 Å². The Bertz CT molecular complexity index is 463. The highest BCUT2D eigenvalue weighted by Gasteiger charge is 2.30. The smallest absolute Gasteiger partial charge is 0.391 e. The van der Waals surface area contributed by atoms with E-state index in [1.807, 2.05) is 0 Å². The van der Waals surface area contributed by atoms with Crippen LogP contribution >= 0.6 is 0 Å². The van der Waals surface area contributed by atoms with E-state index < -0.39 is 24.6 Å². The molecule has 5 nitrogen and oxygen atoms in total. The van der Waals surface area contributed by atoms with Crippen molar-refractivity contribution in [2.75, 3.05) is 18.2 Å².